The number of benzene rings is 3. The van der Waals surface area contributed by atoms with Crippen LogP contribution in [0.25, 0.3) is 11.1 Å². The van der Waals surface area contributed by atoms with Crippen LogP contribution < -0.4 is 20.3 Å². The molecular weight excluding hydrogens is 634 g/mol. The standard InChI is InChI=1S/C32H32ClN5O7S/c1-20-27(33)8-4-10-29(20)44-11-12-45-32(40)38-18-22-14-26(22)30-25(7-3-9-28(30)38)23-15-35-37(17-23)16-21-5-2-6-24(13-21)36-31(39)34-19-46(41,42)43/h2-10,13,15,17,22,26H,11-12,14,16,18-19H2,1H3,(H2,34,36,39)(H,41,42,43)/t22-,26-/m0/s1. The van der Waals surface area contributed by atoms with E-state index in [1.54, 1.807) is 40.0 Å². The number of ether oxygens (including phenoxy) is 2. The summed E-state index contributed by atoms with van der Waals surface area (Å²) in [7, 11) is -4.33. The maximum atomic E-state index is 13.2. The van der Waals surface area contributed by atoms with Crippen molar-refractivity contribution in [2.24, 2.45) is 5.92 Å². The van der Waals surface area contributed by atoms with Crippen LogP contribution in [0.15, 0.2) is 73.1 Å². The van der Waals surface area contributed by atoms with Gasteiger partial charge in [0, 0.05) is 34.6 Å². The number of amides is 3. The van der Waals surface area contributed by atoms with E-state index in [2.05, 4.69) is 15.7 Å². The molecule has 1 saturated carbocycles. The molecule has 1 aromatic heterocycles. The van der Waals surface area contributed by atoms with Gasteiger partial charge in [0.2, 0.25) is 0 Å². The molecule has 240 valence electrons. The predicted octanol–water partition coefficient (Wildman–Crippen LogP) is 5.67. The lowest BCUT2D eigenvalue weighted by Crippen LogP contribution is -2.37. The summed E-state index contributed by atoms with van der Waals surface area (Å²) in [4.78, 5) is 26.9. The molecule has 4 aromatic rings. The maximum Gasteiger partial charge on any atom is 0.414 e. The van der Waals surface area contributed by atoms with Crippen LogP contribution in [0.1, 0.15) is 29.0 Å². The van der Waals surface area contributed by atoms with E-state index in [1.165, 1.54) is 0 Å². The fourth-order valence-electron chi connectivity index (χ4n) is 5.70. The van der Waals surface area contributed by atoms with Crippen LogP contribution in [0.5, 0.6) is 5.75 Å². The smallest absolute Gasteiger partial charge is 0.414 e. The third-order valence-corrected chi connectivity index (χ3v) is 8.90. The highest BCUT2D eigenvalue weighted by Gasteiger charge is 2.48. The molecule has 0 spiro atoms. The topological polar surface area (TPSA) is 152 Å². The molecule has 6 rings (SSSR count). The number of carbonyl (C=O) groups is 2. The fourth-order valence-corrected chi connectivity index (χ4v) is 6.18. The first-order chi connectivity index (χ1) is 22.1. The van der Waals surface area contributed by atoms with Gasteiger partial charge in [-0.15, -0.1) is 0 Å². The number of carbonyl (C=O) groups excluding carboxylic acids is 2. The number of rotatable bonds is 10. The Kier molecular flexibility index (Phi) is 8.89. The average Bonchev–Trinajstić information content (AvgIpc) is 3.67. The molecule has 2 atom stereocenters. The first-order valence-corrected chi connectivity index (χ1v) is 16.6. The number of urea groups is 1. The van der Waals surface area contributed by atoms with Gasteiger partial charge in [-0.05, 0) is 72.2 Å². The summed E-state index contributed by atoms with van der Waals surface area (Å²) in [6.07, 6.45) is 4.32. The van der Waals surface area contributed by atoms with E-state index in [1.807, 2.05) is 49.5 Å². The van der Waals surface area contributed by atoms with Crippen molar-refractivity contribution in [3.05, 3.63) is 94.8 Å². The first-order valence-electron chi connectivity index (χ1n) is 14.6. The highest BCUT2D eigenvalue weighted by Crippen LogP contribution is 2.57. The largest absolute Gasteiger partial charge is 0.490 e. The van der Waals surface area contributed by atoms with Crippen LogP contribution in [-0.2, 0) is 21.4 Å². The van der Waals surface area contributed by atoms with Crippen molar-refractivity contribution in [1.82, 2.24) is 15.1 Å². The minimum Gasteiger partial charge on any atom is -0.490 e. The summed E-state index contributed by atoms with van der Waals surface area (Å²) in [5.74, 6) is 0.495. The normalized spacial score (nSPS) is 16.6. The van der Waals surface area contributed by atoms with E-state index in [0.29, 0.717) is 41.4 Å². The average molecular weight is 666 g/mol. The Morgan fingerprint density at radius 2 is 1.91 bits per heavy atom. The van der Waals surface area contributed by atoms with Gasteiger partial charge in [-0.25, -0.2) is 9.59 Å². The molecule has 1 fully saturated rings. The molecule has 2 heterocycles. The van der Waals surface area contributed by atoms with Gasteiger partial charge in [0.15, 0.2) is 0 Å². The fraction of sp³-hybridized carbons (Fsp3) is 0.281. The molecule has 0 unspecified atom stereocenters. The molecule has 1 aliphatic heterocycles. The van der Waals surface area contributed by atoms with Gasteiger partial charge >= 0.3 is 12.1 Å². The second-order valence-electron chi connectivity index (χ2n) is 11.3. The van der Waals surface area contributed by atoms with Crippen molar-refractivity contribution in [1.29, 1.82) is 0 Å². The Morgan fingerprint density at radius 1 is 1.11 bits per heavy atom. The van der Waals surface area contributed by atoms with E-state index in [9.17, 15) is 18.0 Å². The van der Waals surface area contributed by atoms with E-state index in [4.69, 9.17) is 25.6 Å². The third kappa shape index (κ3) is 7.27. The third-order valence-electron chi connectivity index (χ3n) is 7.98. The predicted molar refractivity (Wildman–Crippen MR) is 173 cm³/mol. The van der Waals surface area contributed by atoms with Crippen molar-refractivity contribution in [3.63, 3.8) is 0 Å². The van der Waals surface area contributed by atoms with Gasteiger partial charge in [-0.3, -0.25) is 14.1 Å². The number of anilines is 2. The van der Waals surface area contributed by atoms with Crippen molar-refractivity contribution in [2.75, 3.05) is 35.9 Å². The Labute approximate surface area is 271 Å². The highest BCUT2D eigenvalue weighted by molar-refractivity contribution is 7.85. The van der Waals surface area contributed by atoms with Crippen LogP contribution >= 0.6 is 11.6 Å². The summed E-state index contributed by atoms with van der Waals surface area (Å²) in [6.45, 7) is 3.20. The van der Waals surface area contributed by atoms with E-state index in [0.717, 1.165) is 39.9 Å². The molecule has 3 aromatic carbocycles. The number of fused-ring (bicyclic) bond motifs is 3. The SMILES string of the molecule is Cc1c(Cl)cccc1OCCOC(=O)N1C[C@@H]2C[C@@H]2c2c(-c3cnn(Cc4cccc(NC(=O)NCS(=O)(=O)O)c4)c3)cccc21. The summed E-state index contributed by atoms with van der Waals surface area (Å²) in [5.41, 5.74) is 6.02. The number of nitrogens with zero attached hydrogens (tertiary/aromatic N) is 3. The highest BCUT2D eigenvalue weighted by atomic mass is 35.5. The van der Waals surface area contributed by atoms with Crippen molar-refractivity contribution in [2.45, 2.75) is 25.8 Å². The van der Waals surface area contributed by atoms with Gasteiger partial charge in [0.05, 0.1) is 18.4 Å². The van der Waals surface area contributed by atoms with Crippen molar-refractivity contribution in [3.8, 4) is 16.9 Å². The summed E-state index contributed by atoms with van der Waals surface area (Å²) in [5, 5.41) is 9.80. The lowest BCUT2D eigenvalue weighted by molar-refractivity contribution is 0.130. The lowest BCUT2D eigenvalue weighted by Gasteiger charge is -2.29. The van der Waals surface area contributed by atoms with Crippen LogP contribution in [-0.4, -0.2) is 60.5 Å². The zero-order chi connectivity index (χ0) is 32.4. The summed E-state index contributed by atoms with van der Waals surface area (Å²) < 4.78 is 43.8. The zero-order valence-electron chi connectivity index (χ0n) is 24.9. The van der Waals surface area contributed by atoms with Gasteiger partial charge in [-0.1, -0.05) is 41.9 Å². The van der Waals surface area contributed by atoms with Gasteiger partial charge < -0.3 is 20.1 Å². The number of aromatic nitrogens is 2. The Hall–Kier alpha value is -4.59. The lowest BCUT2D eigenvalue weighted by atomic mass is 9.93. The molecule has 3 N–H and O–H groups in total. The number of halogens is 1. The monoisotopic (exact) mass is 665 g/mol. The van der Waals surface area contributed by atoms with E-state index < -0.39 is 28.1 Å². The second-order valence-corrected chi connectivity index (χ2v) is 13.1. The van der Waals surface area contributed by atoms with Crippen LogP contribution in [0.3, 0.4) is 0 Å². The van der Waals surface area contributed by atoms with E-state index >= 15 is 0 Å². The molecule has 0 radical (unpaired) electrons. The minimum absolute atomic E-state index is 0.100. The quantitative estimate of drug-likeness (QED) is 0.145. The molecule has 46 heavy (non-hydrogen) atoms. The van der Waals surface area contributed by atoms with Crippen LogP contribution in [0, 0.1) is 12.8 Å². The summed E-state index contributed by atoms with van der Waals surface area (Å²) >= 11 is 6.17. The zero-order valence-corrected chi connectivity index (χ0v) is 26.4. The Morgan fingerprint density at radius 3 is 2.74 bits per heavy atom. The molecule has 3 amide bonds. The van der Waals surface area contributed by atoms with Gasteiger partial charge in [0.1, 0.15) is 24.8 Å². The first kappa shape index (κ1) is 31.4. The minimum atomic E-state index is -4.33. The number of hydrogen-bond donors (Lipinski definition) is 3. The molecule has 0 bridgehead atoms. The number of hydrogen-bond acceptors (Lipinski definition) is 7. The van der Waals surface area contributed by atoms with Crippen molar-refractivity contribution >= 4 is 45.2 Å². The molecule has 2 aliphatic rings. The summed E-state index contributed by atoms with van der Waals surface area (Å²) in [6, 6.07) is 17.7. The van der Waals surface area contributed by atoms with Gasteiger partial charge in [0.25, 0.3) is 10.1 Å². The van der Waals surface area contributed by atoms with Crippen LogP contribution in [0.4, 0.5) is 21.0 Å². The molecular formula is C32H32ClN5O7S. The van der Waals surface area contributed by atoms with Gasteiger partial charge in [-0.2, -0.15) is 13.5 Å². The van der Waals surface area contributed by atoms with E-state index in [-0.39, 0.29) is 13.2 Å². The van der Waals surface area contributed by atoms with Crippen molar-refractivity contribution < 1.29 is 32.0 Å². The Bertz CT molecular complexity index is 1900. The van der Waals surface area contributed by atoms with Crippen LogP contribution in [0.2, 0.25) is 5.02 Å². The molecule has 1 aliphatic carbocycles. The maximum absolute atomic E-state index is 13.2. The molecule has 0 saturated heterocycles. The number of nitrogens with one attached hydrogen (secondary N) is 2. The second kappa shape index (κ2) is 13.0. The molecule has 14 heteroatoms. The molecule has 12 nitrogen and oxygen atoms in total. The Balaban J connectivity index is 1.11.